The molecule has 0 radical (unpaired) electrons. The maximum Gasteiger partial charge on any atom is 0.306 e. The lowest BCUT2D eigenvalue weighted by Gasteiger charge is -2.30. The maximum absolute atomic E-state index is 12.3. The van der Waals surface area contributed by atoms with E-state index in [1.165, 1.54) is 0 Å². The zero-order valence-corrected chi connectivity index (χ0v) is 18.3. The Morgan fingerprint density at radius 3 is 2.33 bits per heavy atom. The van der Waals surface area contributed by atoms with Crippen LogP contribution in [0, 0.1) is 0 Å². The van der Waals surface area contributed by atoms with Crippen molar-refractivity contribution in [2.24, 2.45) is 0 Å². The lowest BCUT2D eigenvalue weighted by molar-refractivity contribution is -0.153. The van der Waals surface area contributed by atoms with Crippen LogP contribution in [0.2, 0.25) is 0 Å². The van der Waals surface area contributed by atoms with E-state index in [0.717, 1.165) is 0 Å². The van der Waals surface area contributed by atoms with Crippen molar-refractivity contribution < 1.29 is 28.3 Å². The second kappa shape index (κ2) is 10.6. The van der Waals surface area contributed by atoms with Crippen LogP contribution in [0.3, 0.4) is 0 Å². The van der Waals surface area contributed by atoms with Gasteiger partial charge >= 0.3 is 5.97 Å². The Balaban J connectivity index is 1.90. The minimum atomic E-state index is -0.498. The van der Waals surface area contributed by atoms with Crippen molar-refractivity contribution in [3.63, 3.8) is 0 Å². The first-order chi connectivity index (χ1) is 14.3. The van der Waals surface area contributed by atoms with Crippen LogP contribution in [0.5, 0.6) is 11.5 Å². The molecule has 30 heavy (non-hydrogen) atoms. The summed E-state index contributed by atoms with van der Waals surface area (Å²) in [5.74, 6) is 1.10. The molecule has 0 unspecified atom stereocenters. The van der Waals surface area contributed by atoms with Gasteiger partial charge in [-0.2, -0.15) is 4.98 Å². The van der Waals surface area contributed by atoms with Crippen LogP contribution in [0.25, 0.3) is 11.4 Å². The second-order valence-electron chi connectivity index (χ2n) is 7.23. The summed E-state index contributed by atoms with van der Waals surface area (Å²) in [5, 5.41) is 3.94. The summed E-state index contributed by atoms with van der Waals surface area (Å²) in [6, 6.07) is 5.33. The number of esters is 1. The first-order valence-electron chi connectivity index (χ1n) is 9.78. The fraction of sp³-hybridized carbons (Fsp3) is 0.524. The average molecular weight is 419 g/mol. The van der Waals surface area contributed by atoms with Gasteiger partial charge in [0, 0.05) is 24.1 Å². The summed E-state index contributed by atoms with van der Waals surface area (Å²) >= 11 is 0. The highest BCUT2D eigenvalue weighted by Crippen LogP contribution is 2.31. The Hall–Kier alpha value is -3.10. The third-order valence-corrected chi connectivity index (χ3v) is 4.41. The van der Waals surface area contributed by atoms with Crippen molar-refractivity contribution >= 4 is 11.9 Å². The zero-order chi connectivity index (χ0) is 22.3. The highest BCUT2D eigenvalue weighted by atomic mass is 16.5. The Morgan fingerprint density at radius 1 is 1.07 bits per heavy atom. The molecule has 0 spiro atoms. The molecule has 164 valence electrons. The van der Waals surface area contributed by atoms with Crippen molar-refractivity contribution in [2.45, 2.75) is 52.6 Å². The number of nitrogens with zero attached hydrogens (tertiary/aromatic N) is 3. The Bertz CT molecular complexity index is 854. The summed E-state index contributed by atoms with van der Waals surface area (Å²) in [4.78, 5) is 30.2. The van der Waals surface area contributed by atoms with Gasteiger partial charge in [0.25, 0.3) is 5.91 Å². The molecule has 0 bridgehead atoms. The average Bonchev–Trinajstić information content (AvgIpc) is 3.18. The summed E-state index contributed by atoms with van der Waals surface area (Å²) in [7, 11) is 3.10. The van der Waals surface area contributed by atoms with Gasteiger partial charge in [-0.25, -0.2) is 0 Å². The van der Waals surface area contributed by atoms with Crippen LogP contribution in [0.4, 0.5) is 0 Å². The Labute approximate surface area is 176 Å². The molecule has 0 aliphatic heterocycles. The first kappa shape index (κ1) is 23.2. The van der Waals surface area contributed by atoms with E-state index >= 15 is 0 Å². The molecular weight excluding hydrogens is 390 g/mol. The lowest BCUT2D eigenvalue weighted by Crippen LogP contribution is -2.44. The molecule has 0 saturated carbocycles. The van der Waals surface area contributed by atoms with Crippen molar-refractivity contribution in [1.29, 1.82) is 0 Å². The molecule has 0 aliphatic rings. The van der Waals surface area contributed by atoms with Crippen molar-refractivity contribution in [2.75, 3.05) is 20.8 Å². The van der Waals surface area contributed by atoms with Gasteiger partial charge in [-0.1, -0.05) is 5.16 Å². The molecule has 9 nitrogen and oxygen atoms in total. The number of benzene rings is 1. The van der Waals surface area contributed by atoms with Crippen molar-refractivity contribution in [1.82, 2.24) is 15.0 Å². The van der Waals surface area contributed by atoms with Gasteiger partial charge in [0.1, 0.15) is 0 Å². The van der Waals surface area contributed by atoms with Crippen LogP contribution >= 0.6 is 0 Å². The summed E-state index contributed by atoms with van der Waals surface area (Å²) in [5.41, 5.74) is 0.693. The maximum atomic E-state index is 12.3. The monoisotopic (exact) mass is 419 g/mol. The molecule has 2 rings (SSSR count). The van der Waals surface area contributed by atoms with Crippen LogP contribution in [-0.2, 0) is 20.7 Å². The predicted octanol–water partition coefficient (Wildman–Crippen LogP) is 2.88. The Morgan fingerprint density at radius 2 is 1.73 bits per heavy atom. The SMILES string of the molecule is COc1ccc(-c2noc(CCC(=O)OCC(=O)N(C(C)C)C(C)C)n2)cc1OC. The molecule has 1 aromatic heterocycles. The standard InChI is InChI=1S/C21H29N3O6/c1-13(2)24(14(3)4)19(25)12-29-20(26)10-9-18-22-21(23-30-18)15-7-8-16(27-5)17(11-15)28-6/h7-8,11,13-14H,9-10,12H2,1-6H3. The lowest BCUT2D eigenvalue weighted by atomic mass is 10.2. The van der Waals surface area contributed by atoms with Gasteiger partial charge < -0.3 is 23.6 Å². The van der Waals surface area contributed by atoms with E-state index in [1.54, 1.807) is 37.3 Å². The zero-order valence-electron chi connectivity index (χ0n) is 18.3. The van der Waals surface area contributed by atoms with Crippen LogP contribution in [0.1, 0.15) is 40.0 Å². The minimum Gasteiger partial charge on any atom is -0.493 e. The van der Waals surface area contributed by atoms with Gasteiger partial charge in [-0.3, -0.25) is 9.59 Å². The fourth-order valence-corrected chi connectivity index (χ4v) is 3.12. The van der Waals surface area contributed by atoms with E-state index < -0.39 is 5.97 Å². The number of carbonyl (C=O) groups is 2. The number of aromatic nitrogens is 2. The number of hydrogen-bond acceptors (Lipinski definition) is 8. The summed E-state index contributed by atoms with van der Waals surface area (Å²) in [6.07, 6.45) is 0.246. The van der Waals surface area contributed by atoms with Crippen LogP contribution < -0.4 is 9.47 Å². The van der Waals surface area contributed by atoms with Gasteiger partial charge in [0.05, 0.1) is 20.6 Å². The molecule has 9 heteroatoms. The van der Waals surface area contributed by atoms with Gasteiger partial charge in [0.2, 0.25) is 11.7 Å². The van der Waals surface area contributed by atoms with Gasteiger partial charge in [-0.05, 0) is 45.9 Å². The summed E-state index contributed by atoms with van der Waals surface area (Å²) < 4.78 is 20.8. The van der Waals surface area contributed by atoms with E-state index in [2.05, 4.69) is 10.1 Å². The Kier molecular flexibility index (Phi) is 8.20. The van der Waals surface area contributed by atoms with E-state index in [9.17, 15) is 9.59 Å². The molecule has 2 aromatic rings. The third-order valence-electron chi connectivity index (χ3n) is 4.41. The number of ether oxygens (including phenoxy) is 3. The normalized spacial score (nSPS) is 10.9. The molecule has 1 amide bonds. The van der Waals surface area contributed by atoms with Crippen LogP contribution in [-0.4, -0.2) is 59.8 Å². The molecule has 0 atom stereocenters. The van der Waals surface area contributed by atoms with E-state index in [4.69, 9.17) is 18.7 Å². The molecule has 1 aromatic carbocycles. The minimum absolute atomic E-state index is 0.0319. The predicted molar refractivity (Wildman–Crippen MR) is 109 cm³/mol. The highest BCUT2D eigenvalue weighted by molar-refractivity contribution is 5.81. The number of rotatable bonds is 10. The van der Waals surface area contributed by atoms with E-state index in [0.29, 0.717) is 28.8 Å². The smallest absolute Gasteiger partial charge is 0.306 e. The number of hydrogen-bond donors (Lipinski definition) is 0. The van der Waals surface area contributed by atoms with E-state index in [-0.39, 0.29) is 37.4 Å². The molecule has 0 N–H and O–H groups in total. The van der Waals surface area contributed by atoms with Gasteiger partial charge in [-0.15, -0.1) is 0 Å². The van der Waals surface area contributed by atoms with Crippen LogP contribution in [0.15, 0.2) is 22.7 Å². The van der Waals surface area contributed by atoms with Crippen molar-refractivity contribution in [3.05, 3.63) is 24.1 Å². The molecule has 0 saturated heterocycles. The second-order valence-corrected chi connectivity index (χ2v) is 7.23. The summed E-state index contributed by atoms with van der Waals surface area (Å²) in [6.45, 7) is 7.41. The third kappa shape index (κ3) is 5.95. The number of amides is 1. The number of methoxy groups -OCH3 is 2. The molecular formula is C21H29N3O6. The van der Waals surface area contributed by atoms with Crippen molar-refractivity contribution in [3.8, 4) is 22.9 Å². The molecule has 1 heterocycles. The quantitative estimate of drug-likeness (QED) is 0.542. The molecule has 0 aliphatic carbocycles. The van der Waals surface area contributed by atoms with E-state index in [1.807, 2.05) is 27.7 Å². The number of aryl methyl sites for hydroxylation is 1. The van der Waals surface area contributed by atoms with Gasteiger partial charge in [0.15, 0.2) is 18.1 Å². The topological polar surface area (TPSA) is 104 Å². The molecule has 0 fully saturated rings. The first-order valence-corrected chi connectivity index (χ1v) is 9.78. The number of carbonyl (C=O) groups excluding carboxylic acids is 2. The fourth-order valence-electron chi connectivity index (χ4n) is 3.12. The largest absolute Gasteiger partial charge is 0.493 e. The highest BCUT2D eigenvalue weighted by Gasteiger charge is 2.21.